The van der Waals surface area contributed by atoms with Crippen molar-refractivity contribution in [3.63, 3.8) is 0 Å². The molecule has 1 aliphatic carbocycles. The molecule has 0 spiro atoms. The molecule has 2 aliphatic rings. The molecule has 2 atom stereocenters. The van der Waals surface area contributed by atoms with Crippen LogP contribution in [0.5, 0.6) is 0 Å². The summed E-state index contributed by atoms with van der Waals surface area (Å²) < 4.78 is 2.23. The van der Waals surface area contributed by atoms with Crippen molar-refractivity contribution in [2.75, 3.05) is 13.1 Å². The molecule has 19 heavy (non-hydrogen) atoms. The molecular formula is C15H25N3O. The average molecular weight is 263 g/mol. The Morgan fingerprint density at radius 2 is 2.26 bits per heavy atom. The highest BCUT2D eigenvalue weighted by molar-refractivity contribution is 4.97. The van der Waals surface area contributed by atoms with Gasteiger partial charge in [-0.05, 0) is 24.2 Å². The Labute approximate surface area is 115 Å². The van der Waals surface area contributed by atoms with Crippen LogP contribution in [0.3, 0.4) is 0 Å². The summed E-state index contributed by atoms with van der Waals surface area (Å²) in [5.74, 6) is 1.58. The van der Waals surface area contributed by atoms with Crippen molar-refractivity contribution in [3.05, 3.63) is 18.2 Å². The second kappa shape index (κ2) is 4.91. The number of nitrogens with zero attached hydrogens (tertiary/aromatic N) is 3. The molecule has 2 unspecified atom stereocenters. The van der Waals surface area contributed by atoms with E-state index in [1.54, 1.807) is 0 Å². The summed E-state index contributed by atoms with van der Waals surface area (Å²) in [4.78, 5) is 6.86. The van der Waals surface area contributed by atoms with Gasteiger partial charge in [-0.15, -0.1) is 0 Å². The highest BCUT2D eigenvalue weighted by Gasteiger charge is 2.38. The number of hydrogen-bond donors (Lipinski definition) is 1. The molecule has 4 nitrogen and oxygen atoms in total. The van der Waals surface area contributed by atoms with Gasteiger partial charge in [0.05, 0.1) is 12.6 Å². The lowest BCUT2D eigenvalue weighted by Gasteiger charge is -2.43. The Bertz CT molecular complexity index is 440. The summed E-state index contributed by atoms with van der Waals surface area (Å²) in [7, 11) is 0. The summed E-state index contributed by atoms with van der Waals surface area (Å²) in [5, 5.41) is 10.5. The van der Waals surface area contributed by atoms with Gasteiger partial charge in [0.2, 0.25) is 0 Å². The van der Waals surface area contributed by atoms with Gasteiger partial charge in [-0.1, -0.05) is 20.3 Å². The third kappa shape index (κ3) is 2.56. The molecule has 0 saturated heterocycles. The predicted octanol–water partition coefficient (Wildman–Crippen LogP) is 1.89. The maximum atomic E-state index is 10.5. The van der Waals surface area contributed by atoms with E-state index in [0.29, 0.717) is 5.92 Å². The molecule has 1 aliphatic heterocycles. The molecule has 0 amide bonds. The Morgan fingerprint density at radius 3 is 3.11 bits per heavy atom. The first-order chi connectivity index (χ1) is 9.06. The van der Waals surface area contributed by atoms with Crippen LogP contribution in [0.2, 0.25) is 0 Å². The van der Waals surface area contributed by atoms with Crippen LogP contribution >= 0.6 is 0 Å². The number of aliphatic hydroxyl groups is 1. The standard InChI is InChI=1S/C15H25N3O/c1-15(2)5-3-4-12(14(15)19)10-17-8-9-18-7-6-16-13(18)11-17/h6-7,12,14,19H,3-5,8-11H2,1-2H3. The maximum Gasteiger partial charge on any atom is 0.122 e. The van der Waals surface area contributed by atoms with Gasteiger partial charge in [-0.3, -0.25) is 4.90 Å². The largest absolute Gasteiger partial charge is 0.392 e. The van der Waals surface area contributed by atoms with Crippen LogP contribution in [0.25, 0.3) is 0 Å². The predicted molar refractivity (Wildman–Crippen MR) is 74.6 cm³/mol. The monoisotopic (exact) mass is 263 g/mol. The molecule has 3 rings (SSSR count). The van der Waals surface area contributed by atoms with Crippen LogP contribution in [-0.4, -0.2) is 38.8 Å². The number of fused-ring (bicyclic) bond motifs is 1. The van der Waals surface area contributed by atoms with Crippen molar-refractivity contribution in [2.45, 2.75) is 52.3 Å². The van der Waals surface area contributed by atoms with E-state index in [4.69, 9.17) is 0 Å². The Morgan fingerprint density at radius 1 is 1.42 bits per heavy atom. The second-order valence-electron chi connectivity index (χ2n) is 6.86. The number of hydrogen-bond acceptors (Lipinski definition) is 3. The van der Waals surface area contributed by atoms with Crippen molar-refractivity contribution in [2.24, 2.45) is 11.3 Å². The quantitative estimate of drug-likeness (QED) is 0.886. The molecule has 0 bridgehead atoms. The molecule has 1 saturated carbocycles. The number of aliphatic hydroxyl groups excluding tert-OH is 1. The molecule has 1 fully saturated rings. The first-order valence-electron chi connectivity index (χ1n) is 7.47. The number of rotatable bonds is 2. The molecule has 4 heteroatoms. The van der Waals surface area contributed by atoms with E-state index in [2.05, 4.69) is 34.5 Å². The van der Waals surface area contributed by atoms with Gasteiger partial charge in [0, 0.05) is 32.0 Å². The Hall–Kier alpha value is -0.870. The molecular weight excluding hydrogens is 238 g/mol. The molecule has 0 radical (unpaired) electrons. The van der Waals surface area contributed by atoms with Crippen molar-refractivity contribution >= 4 is 0 Å². The van der Waals surface area contributed by atoms with E-state index in [1.165, 1.54) is 6.42 Å². The van der Waals surface area contributed by atoms with E-state index in [-0.39, 0.29) is 11.5 Å². The molecule has 106 valence electrons. The Balaban J connectivity index is 1.63. The summed E-state index contributed by atoms with van der Waals surface area (Å²) >= 11 is 0. The van der Waals surface area contributed by atoms with Crippen LogP contribution < -0.4 is 0 Å². The van der Waals surface area contributed by atoms with Gasteiger partial charge in [0.25, 0.3) is 0 Å². The van der Waals surface area contributed by atoms with Crippen LogP contribution in [0.4, 0.5) is 0 Å². The van der Waals surface area contributed by atoms with Gasteiger partial charge in [-0.25, -0.2) is 4.98 Å². The summed E-state index contributed by atoms with van der Waals surface area (Å²) in [5.41, 5.74) is 0.0805. The smallest absolute Gasteiger partial charge is 0.122 e. The van der Waals surface area contributed by atoms with Crippen molar-refractivity contribution in [1.29, 1.82) is 0 Å². The Kier molecular flexibility index (Phi) is 3.39. The minimum absolute atomic E-state index is 0.0805. The van der Waals surface area contributed by atoms with Crippen molar-refractivity contribution in [1.82, 2.24) is 14.5 Å². The third-order valence-electron chi connectivity index (χ3n) is 4.96. The second-order valence-corrected chi connectivity index (χ2v) is 6.86. The van der Waals surface area contributed by atoms with Crippen LogP contribution in [0.1, 0.15) is 38.9 Å². The first kappa shape index (κ1) is 13.1. The summed E-state index contributed by atoms with van der Waals surface area (Å²) in [6.07, 6.45) is 7.34. The van der Waals surface area contributed by atoms with Crippen molar-refractivity contribution in [3.8, 4) is 0 Å². The van der Waals surface area contributed by atoms with Gasteiger partial charge >= 0.3 is 0 Å². The summed E-state index contributed by atoms with van der Waals surface area (Å²) in [6, 6.07) is 0. The third-order valence-corrected chi connectivity index (χ3v) is 4.96. The zero-order valence-electron chi connectivity index (χ0n) is 12.0. The molecule has 1 aromatic heterocycles. The zero-order chi connectivity index (χ0) is 13.5. The molecule has 1 aromatic rings. The average Bonchev–Trinajstić information content (AvgIpc) is 2.82. The lowest BCUT2D eigenvalue weighted by atomic mass is 9.69. The molecule has 1 N–H and O–H groups in total. The topological polar surface area (TPSA) is 41.3 Å². The van der Waals surface area contributed by atoms with E-state index < -0.39 is 0 Å². The normalized spacial score (nSPS) is 31.1. The first-order valence-corrected chi connectivity index (χ1v) is 7.47. The van der Waals surface area contributed by atoms with Crippen LogP contribution in [0.15, 0.2) is 12.4 Å². The maximum absolute atomic E-state index is 10.5. The summed E-state index contributed by atoms with van der Waals surface area (Å²) in [6.45, 7) is 8.45. The van der Waals surface area contributed by atoms with E-state index in [1.807, 2.05) is 6.20 Å². The van der Waals surface area contributed by atoms with Crippen LogP contribution in [0, 0.1) is 11.3 Å². The fourth-order valence-electron chi connectivity index (χ4n) is 3.67. The molecule has 2 heterocycles. The minimum Gasteiger partial charge on any atom is -0.392 e. The number of aromatic nitrogens is 2. The van der Waals surface area contributed by atoms with Crippen LogP contribution in [-0.2, 0) is 13.1 Å². The SMILES string of the molecule is CC1(C)CCCC(CN2CCn3ccnc3C2)C1O. The minimum atomic E-state index is -0.164. The lowest BCUT2D eigenvalue weighted by molar-refractivity contribution is -0.0452. The fourth-order valence-corrected chi connectivity index (χ4v) is 3.67. The van der Waals surface area contributed by atoms with E-state index >= 15 is 0 Å². The van der Waals surface area contributed by atoms with Gasteiger partial charge < -0.3 is 9.67 Å². The highest BCUT2D eigenvalue weighted by Crippen LogP contribution is 2.39. The highest BCUT2D eigenvalue weighted by atomic mass is 16.3. The van der Waals surface area contributed by atoms with Gasteiger partial charge in [-0.2, -0.15) is 0 Å². The molecule has 0 aromatic carbocycles. The van der Waals surface area contributed by atoms with Crippen molar-refractivity contribution < 1.29 is 5.11 Å². The number of imidazole rings is 1. The fraction of sp³-hybridized carbons (Fsp3) is 0.800. The van der Waals surface area contributed by atoms with Gasteiger partial charge in [0.1, 0.15) is 5.82 Å². The lowest BCUT2D eigenvalue weighted by Crippen LogP contribution is -2.46. The van der Waals surface area contributed by atoms with E-state index in [9.17, 15) is 5.11 Å². The van der Waals surface area contributed by atoms with E-state index in [0.717, 1.165) is 44.8 Å². The van der Waals surface area contributed by atoms with Gasteiger partial charge in [0.15, 0.2) is 0 Å². The zero-order valence-corrected chi connectivity index (χ0v) is 12.0.